The van der Waals surface area contributed by atoms with Crippen LogP contribution in [0.25, 0.3) is 11.1 Å². The highest BCUT2D eigenvalue weighted by molar-refractivity contribution is 7.91. The lowest BCUT2D eigenvalue weighted by Crippen LogP contribution is -2.46. The van der Waals surface area contributed by atoms with Gasteiger partial charge in [0.15, 0.2) is 11.5 Å². The van der Waals surface area contributed by atoms with E-state index in [4.69, 9.17) is 18.9 Å². The van der Waals surface area contributed by atoms with Crippen molar-refractivity contribution in [1.29, 1.82) is 0 Å². The second-order valence-corrected chi connectivity index (χ2v) is 9.36. The minimum absolute atomic E-state index is 0.112. The summed E-state index contributed by atoms with van der Waals surface area (Å²) in [6, 6.07) is 5.87. The fraction of sp³-hybridized carbons (Fsp3) is 0.450. The van der Waals surface area contributed by atoms with Crippen molar-refractivity contribution in [2.75, 3.05) is 25.2 Å². The second-order valence-electron chi connectivity index (χ2n) is 7.66. The van der Waals surface area contributed by atoms with Gasteiger partial charge < -0.3 is 28.4 Å². The molecule has 0 saturated carbocycles. The molecular weight excluding hydrogens is 393 g/mol. The van der Waals surface area contributed by atoms with Crippen LogP contribution < -0.4 is 14.2 Å². The molecule has 7 nitrogen and oxygen atoms in total. The summed E-state index contributed by atoms with van der Waals surface area (Å²) in [5.74, 6) is 2.29. The lowest BCUT2D eigenvalue weighted by Gasteiger charge is -2.32. The van der Waals surface area contributed by atoms with E-state index in [1.54, 1.807) is 13.3 Å². The number of ether oxygens (including phenoxy) is 3. The maximum atomic E-state index is 11.8. The van der Waals surface area contributed by atoms with Crippen LogP contribution in [0.3, 0.4) is 0 Å². The molecule has 1 atom stereocenters. The van der Waals surface area contributed by atoms with Crippen LogP contribution in [0.15, 0.2) is 30.6 Å². The van der Waals surface area contributed by atoms with Crippen molar-refractivity contribution >= 4 is 18.3 Å². The predicted octanol–water partition coefficient (Wildman–Crippen LogP) is 2.36. The molecule has 3 aliphatic heterocycles. The molecule has 0 amide bonds. The van der Waals surface area contributed by atoms with Crippen LogP contribution in [0.1, 0.15) is 24.3 Å². The van der Waals surface area contributed by atoms with Gasteiger partial charge in [0.2, 0.25) is 5.75 Å². The van der Waals surface area contributed by atoms with Crippen LogP contribution in [0.4, 0.5) is 0 Å². The zero-order valence-corrected chi connectivity index (χ0v) is 16.9. The SMILES string of the molecule is COc1ccc(-c2cncc([C@@H]3COB(O)C3)c2)c2c1OC1(CC[S+]([O-])CC1)O2. The first-order valence-corrected chi connectivity index (χ1v) is 11.2. The summed E-state index contributed by atoms with van der Waals surface area (Å²) in [6.45, 7) is 0.479. The minimum Gasteiger partial charge on any atom is -0.616 e. The number of hydrogen-bond donors (Lipinski definition) is 1. The van der Waals surface area contributed by atoms with Crippen molar-refractivity contribution in [1.82, 2.24) is 4.98 Å². The number of aromatic nitrogens is 1. The molecule has 0 bridgehead atoms. The maximum Gasteiger partial charge on any atom is 0.454 e. The lowest BCUT2D eigenvalue weighted by molar-refractivity contribution is -0.0860. The summed E-state index contributed by atoms with van der Waals surface area (Å²) >= 11 is -0.817. The van der Waals surface area contributed by atoms with Crippen molar-refractivity contribution in [3.8, 4) is 28.4 Å². The van der Waals surface area contributed by atoms with Crippen molar-refractivity contribution in [2.45, 2.75) is 30.9 Å². The van der Waals surface area contributed by atoms with Crippen LogP contribution in [0.5, 0.6) is 17.2 Å². The number of fused-ring (bicyclic) bond motifs is 1. The molecule has 1 spiro atoms. The molecule has 1 aromatic carbocycles. The molecule has 3 aliphatic rings. The van der Waals surface area contributed by atoms with Crippen molar-refractivity contribution < 1.29 is 28.4 Å². The zero-order valence-electron chi connectivity index (χ0n) is 16.1. The van der Waals surface area contributed by atoms with E-state index < -0.39 is 24.1 Å². The van der Waals surface area contributed by atoms with E-state index >= 15 is 0 Å². The number of pyridine rings is 1. The van der Waals surface area contributed by atoms with Gasteiger partial charge in [0.1, 0.15) is 11.5 Å². The monoisotopic (exact) mass is 415 g/mol. The van der Waals surface area contributed by atoms with Gasteiger partial charge >= 0.3 is 7.12 Å². The van der Waals surface area contributed by atoms with E-state index in [1.165, 1.54) is 0 Å². The zero-order chi connectivity index (χ0) is 20.0. The molecule has 0 radical (unpaired) electrons. The molecule has 0 aliphatic carbocycles. The molecule has 2 fully saturated rings. The van der Waals surface area contributed by atoms with E-state index in [-0.39, 0.29) is 5.92 Å². The summed E-state index contributed by atoms with van der Waals surface area (Å²) in [5.41, 5.74) is 2.80. The molecule has 2 aromatic rings. The van der Waals surface area contributed by atoms with Crippen LogP contribution in [0.2, 0.25) is 6.32 Å². The molecular formula is C20H22BNO6S. The number of benzene rings is 1. The van der Waals surface area contributed by atoms with Crippen molar-refractivity contribution in [3.63, 3.8) is 0 Å². The summed E-state index contributed by atoms with van der Waals surface area (Å²) in [7, 11) is 0.884. The third-order valence-corrected chi connectivity index (χ3v) is 7.13. The number of methoxy groups -OCH3 is 1. The molecule has 29 heavy (non-hydrogen) atoms. The topological polar surface area (TPSA) is 93.1 Å². The highest BCUT2D eigenvalue weighted by Crippen LogP contribution is 2.53. The van der Waals surface area contributed by atoms with E-state index in [1.807, 2.05) is 18.3 Å². The highest BCUT2D eigenvalue weighted by atomic mass is 32.2. The van der Waals surface area contributed by atoms with Gasteiger partial charge in [0.25, 0.3) is 5.79 Å². The van der Waals surface area contributed by atoms with Gasteiger partial charge in [0, 0.05) is 36.0 Å². The molecule has 5 rings (SSSR count). The molecule has 9 heteroatoms. The van der Waals surface area contributed by atoms with Crippen molar-refractivity contribution in [3.05, 3.63) is 36.2 Å². The van der Waals surface area contributed by atoms with Crippen LogP contribution in [-0.4, -0.2) is 52.7 Å². The van der Waals surface area contributed by atoms with Gasteiger partial charge in [0.05, 0.1) is 20.0 Å². The van der Waals surface area contributed by atoms with E-state index in [0.717, 1.165) is 16.7 Å². The van der Waals surface area contributed by atoms with E-state index in [2.05, 4.69) is 11.1 Å². The average molecular weight is 415 g/mol. The first-order chi connectivity index (χ1) is 14.1. The van der Waals surface area contributed by atoms with Crippen LogP contribution in [-0.2, 0) is 15.8 Å². The average Bonchev–Trinajstić information content (AvgIpc) is 3.34. The Bertz CT molecular complexity index is 920. The molecule has 4 heterocycles. The standard InChI is InChI=1S/C20H22BNO6S/c1-25-17-3-2-16(14-8-13(10-22-11-14)15-9-21(23)26-12-15)18-19(17)28-20(27-18)4-6-29(24)7-5-20/h2-3,8,10-11,15,23H,4-7,9,12H2,1H3/t15-,20?,29?/m0/s1. The molecule has 1 N–H and O–H groups in total. The van der Waals surface area contributed by atoms with E-state index in [9.17, 15) is 9.58 Å². The van der Waals surface area contributed by atoms with Crippen LogP contribution >= 0.6 is 0 Å². The number of nitrogens with zero attached hydrogens (tertiary/aromatic N) is 1. The van der Waals surface area contributed by atoms with Gasteiger partial charge in [-0.2, -0.15) is 0 Å². The molecule has 2 saturated heterocycles. The van der Waals surface area contributed by atoms with Gasteiger partial charge in [-0.15, -0.1) is 0 Å². The predicted molar refractivity (Wildman–Crippen MR) is 109 cm³/mol. The summed E-state index contributed by atoms with van der Waals surface area (Å²) in [6.07, 6.45) is 5.32. The Morgan fingerprint density at radius 3 is 2.76 bits per heavy atom. The first-order valence-electron chi connectivity index (χ1n) is 9.76. The highest BCUT2D eigenvalue weighted by Gasteiger charge is 2.48. The fourth-order valence-corrected chi connectivity index (χ4v) is 5.44. The molecule has 0 unspecified atom stereocenters. The van der Waals surface area contributed by atoms with Gasteiger partial charge in [-0.3, -0.25) is 4.98 Å². The fourth-order valence-electron chi connectivity index (χ4n) is 4.16. The Balaban J connectivity index is 1.51. The normalized spacial score (nSPS) is 28.2. The quantitative estimate of drug-likeness (QED) is 0.608. The maximum absolute atomic E-state index is 11.8. The number of hydrogen-bond acceptors (Lipinski definition) is 7. The van der Waals surface area contributed by atoms with Gasteiger partial charge in [-0.25, -0.2) is 0 Å². The Labute approximate surface area is 172 Å². The van der Waals surface area contributed by atoms with Crippen LogP contribution in [0, 0.1) is 0 Å². The largest absolute Gasteiger partial charge is 0.616 e. The summed E-state index contributed by atoms with van der Waals surface area (Å²) < 4.78 is 35.2. The smallest absolute Gasteiger partial charge is 0.454 e. The summed E-state index contributed by atoms with van der Waals surface area (Å²) in [4.78, 5) is 4.41. The third-order valence-electron chi connectivity index (χ3n) is 5.81. The Morgan fingerprint density at radius 1 is 1.24 bits per heavy atom. The Morgan fingerprint density at radius 2 is 2.03 bits per heavy atom. The Kier molecular flexibility index (Phi) is 4.86. The second kappa shape index (κ2) is 7.39. The molecule has 1 aromatic heterocycles. The Hall–Kier alpha value is -1.94. The summed E-state index contributed by atoms with van der Waals surface area (Å²) in [5, 5.41) is 9.68. The third kappa shape index (κ3) is 3.46. The van der Waals surface area contributed by atoms with Gasteiger partial charge in [-0.1, -0.05) is 11.2 Å². The first kappa shape index (κ1) is 19.1. The lowest BCUT2D eigenvalue weighted by atomic mass is 9.80. The van der Waals surface area contributed by atoms with Gasteiger partial charge in [-0.05, 0) is 30.1 Å². The van der Waals surface area contributed by atoms with Crippen molar-refractivity contribution in [2.24, 2.45) is 0 Å². The minimum atomic E-state index is -0.817. The number of rotatable bonds is 3. The van der Waals surface area contributed by atoms with E-state index in [0.29, 0.717) is 54.5 Å². The molecule has 152 valence electrons.